The smallest absolute Gasteiger partial charge is 0.178 e. The summed E-state index contributed by atoms with van der Waals surface area (Å²) in [5, 5.41) is 25.2. The van der Waals surface area contributed by atoms with Gasteiger partial charge in [0.15, 0.2) is 15.0 Å². The highest BCUT2D eigenvalue weighted by Gasteiger charge is 2.77. The average molecular weight is 424 g/mol. The molecular formula is C22H25N5S2. The van der Waals surface area contributed by atoms with Crippen molar-refractivity contribution in [3.8, 4) is 12.1 Å². The number of hydrogen-bond donors (Lipinski definition) is 2. The van der Waals surface area contributed by atoms with Gasteiger partial charge in [-0.3, -0.25) is 0 Å². The van der Waals surface area contributed by atoms with Crippen LogP contribution in [0.25, 0.3) is 0 Å². The summed E-state index contributed by atoms with van der Waals surface area (Å²) in [6, 6.07) is 14.7. The minimum absolute atomic E-state index is 0.281. The quantitative estimate of drug-likeness (QED) is 0.685. The topological polar surface area (TPSA) is 98.0 Å². The van der Waals surface area contributed by atoms with Crippen LogP contribution in [0.4, 0.5) is 0 Å². The Morgan fingerprint density at radius 2 is 1.83 bits per heavy atom. The Hall–Kier alpha value is -2.09. The summed E-state index contributed by atoms with van der Waals surface area (Å²) >= 11 is 3.29. The second kappa shape index (κ2) is 7.31. The average Bonchev–Trinajstić information content (AvgIpc) is 3.28. The van der Waals surface area contributed by atoms with E-state index in [1.54, 1.807) is 23.5 Å². The Morgan fingerprint density at radius 3 is 2.41 bits per heavy atom. The molecule has 0 radical (unpaired) electrons. The first-order valence-corrected chi connectivity index (χ1v) is 12.0. The van der Waals surface area contributed by atoms with Crippen molar-refractivity contribution < 1.29 is 0 Å². The molecule has 1 aromatic rings. The van der Waals surface area contributed by atoms with Crippen molar-refractivity contribution in [3.63, 3.8) is 0 Å². The van der Waals surface area contributed by atoms with Crippen LogP contribution in [0.5, 0.6) is 0 Å². The molecule has 0 spiro atoms. The number of benzene rings is 1. The highest BCUT2D eigenvalue weighted by atomic mass is 32.2. The summed E-state index contributed by atoms with van der Waals surface area (Å²) in [7, 11) is 0. The monoisotopic (exact) mass is 423 g/mol. The lowest BCUT2D eigenvalue weighted by atomic mass is 9.55. The van der Waals surface area contributed by atoms with E-state index in [4.69, 9.17) is 10.7 Å². The van der Waals surface area contributed by atoms with Gasteiger partial charge in [0.05, 0.1) is 18.2 Å². The molecule has 0 amide bonds. The first kappa shape index (κ1) is 20.2. The maximum Gasteiger partial charge on any atom is 0.178 e. The van der Waals surface area contributed by atoms with Crippen molar-refractivity contribution in [3.05, 3.63) is 47.2 Å². The Labute approximate surface area is 180 Å². The number of allylic oxidation sites excluding steroid dienone is 1. The Morgan fingerprint density at radius 1 is 1.14 bits per heavy atom. The predicted octanol–water partition coefficient (Wildman–Crippen LogP) is 4.32. The van der Waals surface area contributed by atoms with Crippen LogP contribution < -0.4 is 11.1 Å². The molecule has 1 aliphatic carbocycles. The van der Waals surface area contributed by atoms with E-state index in [0.29, 0.717) is 0 Å². The van der Waals surface area contributed by atoms with Crippen LogP contribution in [0.2, 0.25) is 0 Å². The van der Waals surface area contributed by atoms with Crippen molar-refractivity contribution >= 4 is 29.4 Å². The molecule has 0 aromatic heterocycles. The van der Waals surface area contributed by atoms with Crippen LogP contribution in [0.15, 0.2) is 46.6 Å². The number of fused-ring (bicyclic) bond motifs is 2. The molecular weight excluding hydrogens is 398 g/mol. The molecule has 2 heterocycles. The van der Waals surface area contributed by atoms with E-state index in [1.165, 1.54) is 0 Å². The Bertz CT molecular complexity index is 952. The normalized spacial score (nSPS) is 31.9. The second-order valence-electron chi connectivity index (χ2n) is 7.53. The number of rotatable bonds is 5. The number of amidine groups is 1. The first-order chi connectivity index (χ1) is 14.1. The minimum atomic E-state index is -1.25. The van der Waals surface area contributed by atoms with Gasteiger partial charge in [-0.05, 0) is 41.9 Å². The van der Waals surface area contributed by atoms with Gasteiger partial charge in [0.1, 0.15) is 5.84 Å². The lowest BCUT2D eigenvalue weighted by Crippen LogP contribution is -2.61. The summed E-state index contributed by atoms with van der Waals surface area (Å²) in [5.41, 5.74) is 7.39. The van der Waals surface area contributed by atoms with E-state index < -0.39 is 21.1 Å². The zero-order valence-corrected chi connectivity index (χ0v) is 18.4. The molecule has 0 unspecified atom stereocenters. The maximum atomic E-state index is 10.8. The summed E-state index contributed by atoms with van der Waals surface area (Å²) in [4.78, 5) is 4.97. The largest absolute Gasteiger partial charge is 0.386 e. The molecule has 4 rings (SSSR count). The first-order valence-electron chi connectivity index (χ1n) is 10.1. The Balaban J connectivity index is 2.08. The number of hydrogen-bond acceptors (Lipinski definition) is 7. The van der Waals surface area contributed by atoms with Gasteiger partial charge in [0.2, 0.25) is 0 Å². The highest BCUT2D eigenvalue weighted by Crippen LogP contribution is 2.72. The van der Waals surface area contributed by atoms with Gasteiger partial charge >= 0.3 is 0 Å². The molecule has 0 saturated carbocycles. The molecule has 0 bridgehead atoms. The lowest BCUT2D eigenvalue weighted by Gasteiger charge is -2.52. The highest BCUT2D eigenvalue weighted by molar-refractivity contribution is 8.18. The van der Waals surface area contributed by atoms with Crippen molar-refractivity contribution in [2.75, 3.05) is 11.5 Å². The molecule has 29 heavy (non-hydrogen) atoms. The Kier molecular flexibility index (Phi) is 5.09. The van der Waals surface area contributed by atoms with Gasteiger partial charge in [-0.25, -0.2) is 4.99 Å². The number of nitrogens with two attached hydrogens (primary N) is 1. The van der Waals surface area contributed by atoms with E-state index in [-0.39, 0.29) is 5.84 Å². The zero-order chi connectivity index (χ0) is 20.7. The molecule has 0 fully saturated rings. The number of thioether (sulfide) groups is 2. The van der Waals surface area contributed by atoms with Crippen molar-refractivity contribution in [1.82, 2.24) is 5.32 Å². The van der Waals surface area contributed by atoms with E-state index in [1.807, 2.05) is 30.3 Å². The van der Waals surface area contributed by atoms with Gasteiger partial charge in [0.25, 0.3) is 0 Å². The molecule has 5 nitrogen and oxygen atoms in total. The van der Waals surface area contributed by atoms with Crippen LogP contribution in [0.3, 0.4) is 0 Å². The van der Waals surface area contributed by atoms with Crippen LogP contribution in [-0.4, -0.2) is 21.5 Å². The van der Waals surface area contributed by atoms with E-state index >= 15 is 0 Å². The van der Waals surface area contributed by atoms with Crippen molar-refractivity contribution in [2.24, 2.45) is 21.6 Å². The predicted molar refractivity (Wildman–Crippen MR) is 120 cm³/mol. The number of nitriles is 2. The number of nitrogens with one attached hydrogen (secondary N) is 1. The number of aliphatic imine (C=N–C) groups is 1. The molecule has 3 atom stereocenters. The third kappa shape index (κ3) is 2.38. The zero-order valence-electron chi connectivity index (χ0n) is 16.7. The summed E-state index contributed by atoms with van der Waals surface area (Å²) in [5.74, 6) is 1.87. The maximum absolute atomic E-state index is 10.8. The molecule has 1 aromatic carbocycles. The van der Waals surface area contributed by atoms with Gasteiger partial charge in [-0.2, -0.15) is 10.5 Å². The van der Waals surface area contributed by atoms with Crippen LogP contribution in [-0.2, 0) is 0 Å². The summed E-state index contributed by atoms with van der Waals surface area (Å²) < 4.78 is -0.814. The second-order valence-corrected chi connectivity index (χ2v) is 10.7. The molecule has 3 aliphatic rings. The van der Waals surface area contributed by atoms with Gasteiger partial charge in [-0.1, -0.05) is 44.2 Å². The van der Waals surface area contributed by atoms with E-state index in [2.05, 4.69) is 31.3 Å². The van der Waals surface area contributed by atoms with Crippen molar-refractivity contribution in [1.29, 1.82) is 10.5 Å². The number of nitrogens with zero attached hydrogens (tertiary/aromatic N) is 3. The van der Waals surface area contributed by atoms with E-state index in [0.717, 1.165) is 47.6 Å². The van der Waals surface area contributed by atoms with Gasteiger partial charge in [-0.15, -0.1) is 23.5 Å². The minimum Gasteiger partial charge on any atom is -0.386 e. The third-order valence-corrected chi connectivity index (χ3v) is 9.18. The molecule has 0 saturated heterocycles. The molecule has 2 aliphatic heterocycles. The molecule has 7 heteroatoms. The summed E-state index contributed by atoms with van der Waals surface area (Å²) in [6.07, 6.45) is 2.68. The van der Waals surface area contributed by atoms with Crippen LogP contribution in [0.1, 0.15) is 44.7 Å². The molecule has 3 N–H and O–H groups in total. The molecule has 150 valence electrons. The fourth-order valence-electron chi connectivity index (χ4n) is 5.29. The van der Waals surface area contributed by atoms with Gasteiger partial charge < -0.3 is 11.1 Å². The fourth-order valence-corrected chi connectivity index (χ4v) is 8.53. The SMILES string of the molecule is CCSC1(SCC)N=C(N)[C@@]2(C#N)[C@H](c3ccccc3)NC3=C(CCC3)[C@]12C#N. The summed E-state index contributed by atoms with van der Waals surface area (Å²) in [6.45, 7) is 4.15. The van der Waals surface area contributed by atoms with E-state index in [9.17, 15) is 10.5 Å². The third-order valence-electron chi connectivity index (χ3n) is 6.32. The fraction of sp³-hybridized carbons (Fsp3) is 0.500. The van der Waals surface area contributed by atoms with Gasteiger partial charge in [0, 0.05) is 5.70 Å². The van der Waals surface area contributed by atoms with Crippen molar-refractivity contribution in [2.45, 2.75) is 43.4 Å². The van der Waals surface area contributed by atoms with Crippen LogP contribution in [0, 0.1) is 33.5 Å². The van der Waals surface area contributed by atoms with Crippen LogP contribution >= 0.6 is 23.5 Å². The standard InChI is InChI=1S/C22H25N5S2/c1-3-28-22(29-4-2)21(14-24)16-11-8-12-17(16)26-18(15-9-6-5-7-10-15)20(21,13-23)19(25)27-22/h5-7,9-10,18,26H,3-4,8,11-12H2,1-2H3,(H2,25,27)/t18-,20+,21-/m0/s1. The lowest BCUT2D eigenvalue weighted by molar-refractivity contribution is 0.200.